The minimum atomic E-state index is -4.52. The van der Waals surface area contributed by atoms with Crippen molar-refractivity contribution in [3.05, 3.63) is 24.3 Å². The summed E-state index contributed by atoms with van der Waals surface area (Å²) >= 11 is 0. The number of amides is 1. The number of benzene rings is 1. The van der Waals surface area contributed by atoms with Crippen molar-refractivity contribution in [2.24, 2.45) is 0 Å². The van der Waals surface area contributed by atoms with Gasteiger partial charge in [0.2, 0.25) is 0 Å². The van der Waals surface area contributed by atoms with E-state index in [1.807, 2.05) is 0 Å². The normalized spacial score (nSPS) is 10.9. The van der Waals surface area contributed by atoms with Gasteiger partial charge in [0.1, 0.15) is 0 Å². The first kappa shape index (κ1) is 14.1. The predicted molar refractivity (Wildman–Crippen MR) is 61.8 cm³/mol. The van der Waals surface area contributed by atoms with Crippen LogP contribution in [0, 0.1) is 0 Å². The van der Waals surface area contributed by atoms with Gasteiger partial charge in [0.15, 0.2) is 6.61 Å². The Kier molecular flexibility index (Phi) is 4.41. The highest BCUT2D eigenvalue weighted by molar-refractivity contribution is 5.85. The lowest BCUT2D eigenvalue weighted by Gasteiger charge is -2.14. The van der Waals surface area contributed by atoms with Crippen LogP contribution in [-0.4, -0.2) is 33.0 Å². The van der Waals surface area contributed by atoms with Crippen LogP contribution in [0.5, 0.6) is 0 Å². The molecule has 0 saturated carbocycles. The molecule has 0 heterocycles. The fraction of sp³-hybridized carbons (Fsp3) is 0.364. The highest BCUT2D eigenvalue weighted by atomic mass is 19.4. The van der Waals surface area contributed by atoms with Crippen LogP contribution < -0.4 is 10.2 Å². The third kappa shape index (κ3) is 4.94. The standard InChI is InChI=1S/C11H13F3N2O2/c1-16(2)9-5-3-4-8(6-9)15-10(17)18-7-11(12,13)14/h3-6H,7H2,1-2H3,(H,15,17). The predicted octanol–water partition coefficient (Wildman–Crippen LogP) is 2.86. The Morgan fingerprint density at radius 2 is 2.06 bits per heavy atom. The van der Waals surface area contributed by atoms with E-state index in [2.05, 4.69) is 10.1 Å². The number of rotatable bonds is 3. The van der Waals surface area contributed by atoms with Crippen LogP contribution in [-0.2, 0) is 4.74 Å². The molecule has 18 heavy (non-hydrogen) atoms. The summed E-state index contributed by atoms with van der Waals surface area (Å²) in [6.07, 6.45) is -5.66. The second-order valence-corrected chi connectivity index (χ2v) is 3.76. The van der Waals surface area contributed by atoms with E-state index in [1.54, 1.807) is 43.3 Å². The highest BCUT2D eigenvalue weighted by Gasteiger charge is 2.29. The fourth-order valence-electron chi connectivity index (χ4n) is 1.16. The first-order valence-electron chi connectivity index (χ1n) is 5.06. The summed E-state index contributed by atoms with van der Waals surface area (Å²) in [7, 11) is 3.61. The third-order valence-electron chi connectivity index (χ3n) is 1.98. The Balaban J connectivity index is 2.57. The van der Waals surface area contributed by atoms with E-state index in [4.69, 9.17) is 0 Å². The maximum absolute atomic E-state index is 11.8. The minimum absolute atomic E-state index is 0.369. The lowest BCUT2D eigenvalue weighted by atomic mass is 10.2. The van der Waals surface area contributed by atoms with Gasteiger partial charge < -0.3 is 9.64 Å². The van der Waals surface area contributed by atoms with Crippen LogP contribution in [0.3, 0.4) is 0 Å². The van der Waals surface area contributed by atoms with Gasteiger partial charge in [0.05, 0.1) is 0 Å². The van der Waals surface area contributed by atoms with Gasteiger partial charge in [0, 0.05) is 25.5 Å². The van der Waals surface area contributed by atoms with Crippen molar-refractivity contribution in [2.75, 3.05) is 30.9 Å². The molecule has 1 aromatic carbocycles. The molecule has 7 heteroatoms. The molecule has 0 atom stereocenters. The van der Waals surface area contributed by atoms with Crippen LogP contribution in [0.25, 0.3) is 0 Å². The van der Waals surface area contributed by atoms with Gasteiger partial charge in [0.25, 0.3) is 0 Å². The molecule has 1 amide bonds. The number of alkyl halides is 3. The molecule has 1 aromatic rings. The van der Waals surface area contributed by atoms with Crippen LogP contribution >= 0.6 is 0 Å². The quantitative estimate of drug-likeness (QED) is 0.910. The van der Waals surface area contributed by atoms with Crippen LogP contribution in [0.2, 0.25) is 0 Å². The second kappa shape index (κ2) is 5.61. The molecular formula is C11H13F3N2O2. The lowest BCUT2D eigenvalue weighted by Crippen LogP contribution is -2.23. The van der Waals surface area contributed by atoms with Crippen molar-refractivity contribution < 1.29 is 22.7 Å². The Hall–Kier alpha value is -1.92. The number of nitrogens with zero attached hydrogens (tertiary/aromatic N) is 1. The van der Waals surface area contributed by atoms with Gasteiger partial charge in [-0.05, 0) is 18.2 Å². The van der Waals surface area contributed by atoms with E-state index in [0.717, 1.165) is 5.69 Å². The van der Waals surface area contributed by atoms with Crippen LogP contribution in [0.1, 0.15) is 0 Å². The Labute approximate surface area is 102 Å². The third-order valence-corrected chi connectivity index (χ3v) is 1.98. The van der Waals surface area contributed by atoms with Crippen LogP contribution in [0.4, 0.5) is 29.3 Å². The number of hydrogen-bond donors (Lipinski definition) is 1. The SMILES string of the molecule is CN(C)c1cccc(NC(=O)OCC(F)(F)F)c1. The van der Waals surface area contributed by atoms with Crippen molar-refractivity contribution >= 4 is 17.5 Å². The monoisotopic (exact) mass is 262 g/mol. The van der Waals surface area contributed by atoms with Crippen LogP contribution in [0.15, 0.2) is 24.3 Å². The molecule has 4 nitrogen and oxygen atoms in total. The minimum Gasteiger partial charge on any atom is -0.440 e. The second-order valence-electron chi connectivity index (χ2n) is 3.76. The van der Waals surface area contributed by atoms with E-state index < -0.39 is 18.9 Å². The van der Waals surface area contributed by atoms with E-state index in [9.17, 15) is 18.0 Å². The van der Waals surface area contributed by atoms with Gasteiger partial charge in [-0.2, -0.15) is 13.2 Å². The molecule has 0 radical (unpaired) electrons. The molecule has 1 rings (SSSR count). The Bertz CT molecular complexity index is 419. The molecule has 0 saturated heterocycles. The summed E-state index contributed by atoms with van der Waals surface area (Å²) in [6.45, 7) is -1.60. The van der Waals surface area contributed by atoms with Gasteiger partial charge >= 0.3 is 12.3 Å². The first-order chi connectivity index (χ1) is 8.28. The summed E-state index contributed by atoms with van der Waals surface area (Å²) in [4.78, 5) is 12.9. The maximum atomic E-state index is 11.8. The number of ether oxygens (including phenoxy) is 1. The number of carbonyl (C=O) groups excluding carboxylic acids is 1. The molecule has 100 valence electrons. The summed E-state index contributed by atoms with van der Waals surface area (Å²) in [5.41, 5.74) is 1.18. The van der Waals surface area contributed by atoms with E-state index >= 15 is 0 Å². The molecule has 1 N–H and O–H groups in total. The van der Waals surface area contributed by atoms with Gasteiger partial charge in [-0.3, -0.25) is 5.32 Å². The average Bonchev–Trinajstić information content (AvgIpc) is 2.26. The molecule has 0 aromatic heterocycles. The Morgan fingerprint density at radius 1 is 1.39 bits per heavy atom. The largest absolute Gasteiger partial charge is 0.440 e. The van der Waals surface area contributed by atoms with Gasteiger partial charge in [-0.15, -0.1) is 0 Å². The smallest absolute Gasteiger partial charge is 0.422 e. The summed E-state index contributed by atoms with van der Waals surface area (Å²) in [5.74, 6) is 0. The molecule has 0 aliphatic rings. The number of nitrogens with one attached hydrogen (secondary N) is 1. The van der Waals surface area contributed by atoms with Crippen molar-refractivity contribution in [1.82, 2.24) is 0 Å². The molecule has 0 unspecified atom stereocenters. The van der Waals surface area contributed by atoms with E-state index in [-0.39, 0.29) is 0 Å². The van der Waals surface area contributed by atoms with Gasteiger partial charge in [-0.1, -0.05) is 6.07 Å². The zero-order valence-electron chi connectivity index (χ0n) is 9.91. The van der Waals surface area contributed by atoms with Crippen molar-refractivity contribution in [1.29, 1.82) is 0 Å². The zero-order chi connectivity index (χ0) is 13.8. The van der Waals surface area contributed by atoms with E-state index in [0.29, 0.717) is 5.69 Å². The van der Waals surface area contributed by atoms with Crippen molar-refractivity contribution in [3.63, 3.8) is 0 Å². The lowest BCUT2D eigenvalue weighted by molar-refractivity contribution is -0.159. The first-order valence-corrected chi connectivity index (χ1v) is 5.06. The van der Waals surface area contributed by atoms with Crippen molar-refractivity contribution in [3.8, 4) is 0 Å². The van der Waals surface area contributed by atoms with Crippen molar-refractivity contribution in [2.45, 2.75) is 6.18 Å². The molecule has 0 aliphatic carbocycles. The Morgan fingerprint density at radius 3 is 2.61 bits per heavy atom. The number of carbonyl (C=O) groups is 1. The fourth-order valence-corrected chi connectivity index (χ4v) is 1.16. The number of anilines is 2. The number of hydrogen-bond acceptors (Lipinski definition) is 3. The maximum Gasteiger partial charge on any atom is 0.422 e. The summed E-state index contributed by atoms with van der Waals surface area (Å²) < 4.78 is 39.5. The highest BCUT2D eigenvalue weighted by Crippen LogP contribution is 2.18. The molecule has 0 spiro atoms. The number of halogens is 3. The molecule has 0 bridgehead atoms. The summed E-state index contributed by atoms with van der Waals surface area (Å²) in [6, 6.07) is 6.65. The average molecular weight is 262 g/mol. The molecule has 0 aliphatic heterocycles. The molecular weight excluding hydrogens is 249 g/mol. The zero-order valence-corrected chi connectivity index (χ0v) is 9.91. The summed E-state index contributed by atoms with van der Waals surface area (Å²) in [5, 5.41) is 2.22. The molecule has 0 fully saturated rings. The topological polar surface area (TPSA) is 41.6 Å². The van der Waals surface area contributed by atoms with Gasteiger partial charge in [-0.25, -0.2) is 4.79 Å². The van der Waals surface area contributed by atoms with E-state index in [1.165, 1.54) is 0 Å².